The number of benzene rings is 2. The Kier molecular flexibility index (Phi) is 5.53. The molecule has 156 valence electrons. The first-order valence-electron chi connectivity index (χ1n) is 9.34. The molecule has 0 aliphatic carbocycles. The molecular weight excluding hydrogens is 388 g/mol. The SMILES string of the molecule is COc1ccc(C2Cn3nnc(C(=O)Nc4ccc(OC)cc4OC)c3CO2)cc1. The maximum Gasteiger partial charge on any atom is 0.278 e. The number of hydrogen-bond donors (Lipinski definition) is 1. The minimum absolute atomic E-state index is 0.178. The number of carbonyl (C=O) groups is 1. The second kappa shape index (κ2) is 8.42. The van der Waals surface area contributed by atoms with Gasteiger partial charge in [-0.25, -0.2) is 4.68 Å². The number of nitrogens with zero attached hydrogens (tertiary/aromatic N) is 3. The van der Waals surface area contributed by atoms with E-state index in [1.165, 1.54) is 7.11 Å². The number of anilines is 1. The monoisotopic (exact) mass is 410 g/mol. The number of aromatic nitrogens is 3. The standard InChI is InChI=1S/C21H22N4O5/c1-27-14-6-4-13(5-7-14)19-11-25-17(12-30-19)20(23-24-25)21(26)22-16-9-8-15(28-2)10-18(16)29-3/h4-10,19H,11-12H2,1-3H3,(H,22,26). The zero-order valence-electron chi connectivity index (χ0n) is 16.9. The highest BCUT2D eigenvalue weighted by Gasteiger charge is 2.28. The lowest BCUT2D eigenvalue weighted by atomic mass is 10.1. The molecule has 0 fully saturated rings. The van der Waals surface area contributed by atoms with Crippen LogP contribution >= 0.6 is 0 Å². The summed E-state index contributed by atoms with van der Waals surface area (Å²) in [7, 11) is 4.72. The summed E-state index contributed by atoms with van der Waals surface area (Å²) in [6, 6.07) is 12.8. The fraction of sp³-hybridized carbons (Fsp3) is 0.286. The molecule has 0 spiro atoms. The van der Waals surface area contributed by atoms with Gasteiger partial charge in [-0.3, -0.25) is 4.79 Å². The summed E-state index contributed by atoms with van der Waals surface area (Å²) in [4.78, 5) is 12.8. The van der Waals surface area contributed by atoms with Crippen molar-refractivity contribution in [1.82, 2.24) is 15.0 Å². The predicted octanol–water partition coefficient (Wildman–Crippen LogP) is 2.83. The van der Waals surface area contributed by atoms with Crippen molar-refractivity contribution >= 4 is 11.6 Å². The number of methoxy groups -OCH3 is 3. The second-order valence-corrected chi connectivity index (χ2v) is 6.66. The van der Waals surface area contributed by atoms with E-state index in [0.717, 1.165) is 11.3 Å². The Balaban J connectivity index is 1.50. The van der Waals surface area contributed by atoms with Crippen LogP contribution in [0.1, 0.15) is 27.8 Å². The molecule has 9 heteroatoms. The van der Waals surface area contributed by atoms with Gasteiger partial charge in [-0.2, -0.15) is 0 Å². The number of fused-ring (bicyclic) bond motifs is 1. The Morgan fingerprint density at radius 3 is 2.50 bits per heavy atom. The van der Waals surface area contributed by atoms with Crippen LogP contribution in [0, 0.1) is 0 Å². The predicted molar refractivity (Wildman–Crippen MR) is 108 cm³/mol. The molecule has 0 saturated carbocycles. The van der Waals surface area contributed by atoms with Gasteiger partial charge in [0.15, 0.2) is 5.69 Å². The topological polar surface area (TPSA) is 96.7 Å². The first kappa shape index (κ1) is 19.7. The van der Waals surface area contributed by atoms with Crippen molar-refractivity contribution in [1.29, 1.82) is 0 Å². The van der Waals surface area contributed by atoms with E-state index < -0.39 is 0 Å². The van der Waals surface area contributed by atoms with Gasteiger partial charge in [0.25, 0.3) is 5.91 Å². The van der Waals surface area contributed by atoms with E-state index in [1.807, 2.05) is 24.3 Å². The van der Waals surface area contributed by atoms with Crippen LogP contribution < -0.4 is 19.5 Å². The van der Waals surface area contributed by atoms with Gasteiger partial charge in [0.2, 0.25) is 0 Å². The van der Waals surface area contributed by atoms with Gasteiger partial charge in [0.05, 0.1) is 45.9 Å². The minimum Gasteiger partial charge on any atom is -0.497 e. The van der Waals surface area contributed by atoms with E-state index in [2.05, 4.69) is 15.6 Å². The van der Waals surface area contributed by atoms with Crippen LogP contribution in [0.15, 0.2) is 42.5 Å². The van der Waals surface area contributed by atoms with Crippen LogP contribution in [-0.2, 0) is 17.9 Å². The third-order valence-corrected chi connectivity index (χ3v) is 4.96. The Morgan fingerprint density at radius 2 is 1.80 bits per heavy atom. The molecule has 2 heterocycles. The molecule has 0 radical (unpaired) electrons. The fourth-order valence-corrected chi connectivity index (χ4v) is 3.29. The van der Waals surface area contributed by atoms with Crippen molar-refractivity contribution in [3.8, 4) is 17.2 Å². The first-order valence-corrected chi connectivity index (χ1v) is 9.34. The molecule has 0 saturated heterocycles. The van der Waals surface area contributed by atoms with Gasteiger partial charge in [-0.1, -0.05) is 17.3 Å². The van der Waals surface area contributed by atoms with Crippen LogP contribution in [0.25, 0.3) is 0 Å². The van der Waals surface area contributed by atoms with Gasteiger partial charge >= 0.3 is 0 Å². The summed E-state index contributed by atoms with van der Waals surface area (Å²) >= 11 is 0. The zero-order chi connectivity index (χ0) is 21.1. The molecule has 3 aromatic rings. The van der Waals surface area contributed by atoms with E-state index in [9.17, 15) is 4.79 Å². The molecule has 1 unspecified atom stereocenters. The number of ether oxygens (including phenoxy) is 4. The highest BCUT2D eigenvalue weighted by Crippen LogP contribution is 2.31. The van der Waals surface area contributed by atoms with Crippen LogP contribution in [0.4, 0.5) is 5.69 Å². The van der Waals surface area contributed by atoms with Crippen molar-refractivity contribution in [2.24, 2.45) is 0 Å². The van der Waals surface area contributed by atoms with Crippen LogP contribution in [0.5, 0.6) is 17.2 Å². The molecular formula is C21H22N4O5. The van der Waals surface area contributed by atoms with Crippen LogP contribution in [-0.4, -0.2) is 42.2 Å². The normalized spacial score (nSPS) is 15.2. The Morgan fingerprint density at radius 1 is 1.07 bits per heavy atom. The molecule has 0 bridgehead atoms. The van der Waals surface area contributed by atoms with Crippen molar-refractivity contribution in [3.05, 3.63) is 59.4 Å². The highest BCUT2D eigenvalue weighted by atomic mass is 16.5. The maximum absolute atomic E-state index is 12.8. The number of amides is 1. The molecule has 9 nitrogen and oxygen atoms in total. The molecule has 1 aromatic heterocycles. The van der Waals surface area contributed by atoms with Crippen molar-refractivity contribution in [2.45, 2.75) is 19.3 Å². The van der Waals surface area contributed by atoms with E-state index in [1.54, 1.807) is 37.1 Å². The molecule has 1 aliphatic rings. The summed E-state index contributed by atoms with van der Waals surface area (Å²) in [5.41, 5.74) is 2.37. The number of hydrogen-bond acceptors (Lipinski definition) is 7. The van der Waals surface area contributed by atoms with Gasteiger partial charge < -0.3 is 24.3 Å². The summed E-state index contributed by atoms with van der Waals surface area (Å²) < 4.78 is 23.4. The molecule has 4 rings (SSSR count). The lowest BCUT2D eigenvalue weighted by Gasteiger charge is -2.24. The molecule has 1 aliphatic heterocycles. The van der Waals surface area contributed by atoms with E-state index in [-0.39, 0.29) is 24.3 Å². The number of nitrogens with one attached hydrogen (secondary N) is 1. The van der Waals surface area contributed by atoms with Gasteiger partial charge in [-0.15, -0.1) is 5.10 Å². The first-order chi connectivity index (χ1) is 14.6. The van der Waals surface area contributed by atoms with Crippen molar-refractivity contribution < 1.29 is 23.7 Å². The Bertz CT molecular complexity index is 1050. The molecule has 30 heavy (non-hydrogen) atoms. The van der Waals surface area contributed by atoms with Gasteiger partial charge in [-0.05, 0) is 29.8 Å². The zero-order valence-corrected chi connectivity index (χ0v) is 16.9. The highest BCUT2D eigenvalue weighted by molar-refractivity contribution is 6.04. The van der Waals surface area contributed by atoms with Crippen LogP contribution in [0.3, 0.4) is 0 Å². The van der Waals surface area contributed by atoms with Gasteiger partial charge in [0.1, 0.15) is 23.4 Å². The number of carbonyl (C=O) groups excluding carboxylic acids is 1. The Labute approximate surface area is 173 Å². The average Bonchev–Trinajstić information content (AvgIpc) is 3.22. The van der Waals surface area contributed by atoms with Crippen molar-refractivity contribution in [3.63, 3.8) is 0 Å². The fourth-order valence-electron chi connectivity index (χ4n) is 3.29. The summed E-state index contributed by atoms with van der Waals surface area (Å²) in [5.74, 6) is 1.51. The molecule has 1 amide bonds. The second-order valence-electron chi connectivity index (χ2n) is 6.66. The number of rotatable bonds is 6. The van der Waals surface area contributed by atoms with E-state index >= 15 is 0 Å². The quantitative estimate of drug-likeness (QED) is 0.667. The van der Waals surface area contributed by atoms with E-state index in [4.69, 9.17) is 18.9 Å². The minimum atomic E-state index is -0.383. The largest absolute Gasteiger partial charge is 0.497 e. The third kappa shape index (κ3) is 3.79. The van der Waals surface area contributed by atoms with Crippen LogP contribution in [0.2, 0.25) is 0 Å². The summed E-state index contributed by atoms with van der Waals surface area (Å²) in [5, 5.41) is 11.0. The molecule has 1 atom stereocenters. The summed E-state index contributed by atoms with van der Waals surface area (Å²) in [6.07, 6.45) is -0.178. The third-order valence-electron chi connectivity index (χ3n) is 4.96. The molecule has 1 N–H and O–H groups in total. The lowest BCUT2D eigenvalue weighted by molar-refractivity contribution is -0.00173. The summed E-state index contributed by atoms with van der Waals surface area (Å²) in [6.45, 7) is 0.694. The van der Waals surface area contributed by atoms with Gasteiger partial charge in [0, 0.05) is 6.07 Å². The smallest absolute Gasteiger partial charge is 0.278 e. The lowest BCUT2D eigenvalue weighted by Crippen LogP contribution is -2.24. The maximum atomic E-state index is 12.8. The average molecular weight is 410 g/mol. The Hall–Kier alpha value is -3.59. The molecule has 2 aromatic carbocycles. The van der Waals surface area contributed by atoms with Crippen molar-refractivity contribution in [2.75, 3.05) is 26.6 Å². The van der Waals surface area contributed by atoms with E-state index in [0.29, 0.717) is 29.4 Å².